The van der Waals surface area contributed by atoms with Crippen molar-refractivity contribution in [2.45, 2.75) is 76.3 Å². The summed E-state index contributed by atoms with van der Waals surface area (Å²) in [5.41, 5.74) is 3.42. The topological polar surface area (TPSA) is 108 Å². The summed E-state index contributed by atoms with van der Waals surface area (Å²) in [6, 6.07) is 12.6. The zero-order valence-electron chi connectivity index (χ0n) is 22.0. The van der Waals surface area contributed by atoms with E-state index < -0.39 is 23.8 Å². The van der Waals surface area contributed by atoms with Crippen LogP contribution < -0.4 is 10.6 Å². The molecule has 0 spiro atoms. The number of imide groups is 2. The molecule has 1 unspecified atom stereocenters. The maximum Gasteiger partial charge on any atom is 0.264 e. The number of carbonyl (C=O) groups excluding carboxylic acids is 4. The van der Waals surface area contributed by atoms with Crippen LogP contribution in [0.4, 0.5) is 5.69 Å². The van der Waals surface area contributed by atoms with Gasteiger partial charge in [0.15, 0.2) is 0 Å². The van der Waals surface area contributed by atoms with Crippen molar-refractivity contribution in [3.05, 3.63) is 64.7 Å². The predicted octanol–water partition coefficient (Wildman–Crippen LogP) is 3.23. The number of nitrogens with zero attached hydrogens (tertiary/aromatic N) is 2. The van der Waals surface area contributed by atoms with Gasteiger partial charge in [-0.15, -0.1) is 0 Å². The Morgan fingerprint density at radius 2 is 1.56 bits per heavy atom. The number of fused-ring (bicyclic) bond motifs is 1. The predicted molar refractivity (Wildman–Crippen MR) is 144 cm³/mol. The molecule has 2 N–H and O–H groups in total. The monoisotopic (exact) mass is 530 g/mol. The summed E-state index contributed by atoms with van der Waals surface area (Å²) in [6.07, 6.45) is 7.11. The van der Waals surface area contributed by atoms with Gasteiger partial charge in [0.25, 0.3) is 11.8 Å². The van der Waals surface area contributed by atoms with Crippen LogP contribution in [0.1, 0.15) is 76.8 Å². The molecule has 2 aromatic rings. The molecular formula is C30H34N4O5. The summed E-state index contributed by atoms with van der Waals surface area (Å²) < 4.78 is 6.18. The average Bonchev–Trinajstić information content (AvgIpc) is 3.17. The summed E-state index contributed by atoms with van der Waals surface area (Å²) in [4.78, 5) is 53.7. The zero-order chi connectivity index (χ0) is 26.9. The number of ether oxygens (including phenoxy) is 1. The second kappa shape index (κ2) is 10.9. The van der Waals surface area contributed by atoms with E-state index in [1.165, 1.54) is 24.8 Å². The van der Waals surface area contributed by atoms with Gasteiger partial charge in [0.05, 0.1) is 23.3 Å². The van der Waals surface area contributed by atoms with Gasteiger partial charge < -0.3 is 10.1 Å². The minimum atomic E-state index is -0.975. The van der Waals surface area contributed by atoms with Gasteiger partial charge in [-0.2, -0.15) is 0 Å². The van der Waals surface area contributed by atoms with Gasteiger partial charge in [0.2, 0.25) is 11.8 Å². The Morgan fingerprint density at radius 1 is 0.846 bits per heavy atom. The highest BCUT2D eigenvalue weighted by Gasteiger charge is 2.45. The quantitative estimate of drug-likeness (QED) is 0.505. The molecule has 9 nitrogen and oxygen atoms in total. The number of carbonyl (C=O) groups is 4. The van der Waals surface area contributed by atoms with E-state index in [4.69, 9.17) is 4.74 Å². The van der Waals surface area contributed by atoms with Crippen molar-refractivity contribution in [1.29, 1.82) is 0 Å². The van der Waals surface area contributed by atoms with E-state index in [-0.39, 0.29) is 29.9 Å². The number of nitrogens with one attached hydrogen (secondary N) is 2. The lowest BCUT2D eigenvalue weighted by molar-refractivity contribution is -0.136. The van der Waals surface area contributed by atoms with Gasteiger partial charge >= 0.3 is 0 Å². The second-order valence-electron chi connectivity index (χ2n) is 11.0. The third kappa shape index (κ3) is 5.33. The molecule has 1 saturated carbocycles. The largest absolute Gasteiger partial charge is 0.380 e. The number of piperidine rings is 2. The van der Waals surface area contributed by atoms with Gasteiger partial charge in [-0.1, -0.05) is 30.3 Å². The van der Waals surface area contributed by atoms with Crippen LogP contribution in [0.3, 0.4) is 0 Å². The first-order chi connectivity index (χ1) is 19.0. The van der Waals surface area contributed by atoms with E-state index in [0.717, 1.165) is 42.9 Å². The molecule has 6 rings (SSSR count). The minimum Gasteiger partial charge on any atom is -0.380 e. The first-order valence-corrected chi connectivity index (χ1v) is 14.0. The summed E-state index contributed by atoms with van der Waals surface area (Å²) in [5, 5.41) is 5.54. The molecule has 1 aliphatic carbocycles. The third-order valence-corrected chi connectivity index (χ3v) is 8.35. The highest BCUT2D eigenvalue weighted by molar-refractivity contribution is 6.25. The summed E-state index contributed by atoms with van der Waals surface area (Å²) in [7, 11) is 0. The molecule has 1 atom stereocenters. The fourth-order valence-electron chi connectivity index (χ4n) is 5.86. The molecule has 3 aliphatic heterocycles. The molecule has 0 radical (unpaired) electrons. The maximum atomic E-state index is 13.3. The highest BCUT2D eigenvalue weighted by atomic mass is 16.5. The molecule has 3 fully saturated rings. The number of rotatable bonds is 8. The Morgan fingerprint density at radius 3 is 2.26 bits per heavy atom. The summed E-state index contributed by atoms with van der Waals surface area (Å²) in [6.45, 7) is 3.52. The molecule has 3 heterocycles. The lowest BCUT2D eigenvalue weighted by Gasteiger charge is -2.36. The Kier molecular flexibility index (Phi) is 7.18. The summed E-state index contributed by atoms with van der Waals surface area (Å²) >= 11 is 0. The molecule has 4 aliphatic rings. The van der Waals surface area contributed by atoms with Crippen molar-refractivity contribution in [3.63, 3.8) is 0 Å². The fraction of sp³-hybridized carbons (Fsp3) is 0.467. The van der Waals surface area contributed by atoms with E-state index in [1.54, 1.807) is 18.2 Å². The molecule has 0 aromatic heterocycles. The van der Waals surface area contributed by atoms with Gasteiger partial charge in [-0.05, 0) is 61.8 Å². The van der Waals surface area contributed by atoms with Crippen molar-refractivity contribution in [2.24, 2.45) is 0 Å². The fourth-order valence-corrected chi connectivity index (χ4v) is 5.86. The van der Waals surface area contributed by atoms with Crippen LogP contribution in [-0.2, 0) is 27.4 Å². The maximum absolute atomic E-state index is 13.3. The molecule has 2 aromatic carbocycles. The molecule has 9 heteroatoms. The Balaban J connectivity index is 1.05. The van der Waals surface area contributed by atoms with E-state index in [2.05, 4.69) is 39.8 Å². The molecule has 204 valence electrons. The van der Waals surface area contributed by atoms with Crippen LogP contribution in [0.25, 0.3) is 0 Å². The Labute approximate surface area is 227 Å². The van der Waals surface area contributed by atoms with Crippen molar-refractivity contribution >= 4 is 29.3 Å². The number of likely N-dealkylation sites (tertiary alicyclic amines) is 1. The first kappa shape index (κ1) is 25.7. The zero-order valence-corrected chi connectivity index (χ0v) is 22.0. The van der Waals surface area contributed by atoms with Crippen molar-refractivity contribution in [2.75, 3.05) is 18.4 Å². The van der Waals surface area contributed by atoms with Crippen LogP contribution in [-0.4, -0.2) is 64.8 Å². The standard InChI is InChI=1S/C30H34N4O5/c35-26-12-11-25(28(36)32-26)34-29(37)23-5-2-6-24(27(23)30(34)38)31-17-19-7-9-20(10-8-19)18-33-15-13-22(14-16-33)39-21-3-1-4-21/h2,5-10,21-22,25,31H,1,3-4,11-18H2,(H,32,35,36). The van der Waals surface area contributed by atoms with Gasteiger partial charge in [-0.25, -0.2) is 0 Å². The number of benzene rings is 2. The van der Waals surface area contributed by atoms with Gasteiger partial charge in [0, 0.05) is 38.3 Å². The molecular weight excluding hydrogens is 496 g/mol. The van der Waals surface area contributed by atoms with Crippen molar-refractivity contribution in [1.82, 2.24) is 15.1 Å². The summed E-state index contributed by atoms with van der Waals surface area (Å²) in [5.74, 6) is -2.01. The Hall–Kier alpha value is -3.56. The van der Waals surface area contributed by atoms with Crippen LogP contribution in [0.5, 0.6) is 0 Å². The number of amides is 4. The minimum absolute atomic E-state index is 0.0953. The Bertz CT molecular complexity index is 1280. The van der Waals surface area contributed by atoms with Crippen molar-refractivity contribution < 1.29 is 23.9 Å². The van der Waals surface area contributed by atoms with Crippen LogP contribution in [0, 0.1) is 0 Å². The number of hydrogen-bond acceptors (Lipinski definition) is 7. The third-order valence-electron chi connectivity index (χ3n) is 8.35. The van der Waals surface area contributed by atoms with Crippen molar-refractivity contribution in [3.8, 4) is 0 Å². The van der Waals surface area contributed by atoms with Gasteiger partial charge in [-0.3, -0.25) is 34.3 Å². The smallest absolute Gasteiger partial charge is 0.264 e. The lowest BCUT2D eigenvalue weighted by atomic mass is 9.95. The second-order valence-corrected chi connectivity index (χ2v) is 11.0. The van der Waals surface area contributed by atoms with Crippen LogP contribution in [0.2, 0.25) is 0 Å². The van der Waals surface area contributed by atoms with E-state index >= 15 is 0 Å². The number of hydrogen-bond donors (Lipinski definition) is 2. The van der Waals surface area contributed by atoms with E-state index in [9.17, 15) is 19.2 Å². The van der Waals surface area contributed by atoms with E-state index in [1.807, 2.05) is 0 Å². The molecule has 39 heavy (non-hydrogen) atoms. The molecule has 2 saturated heterocycles. The van der Waals surface area contributed by atoms with Crippen LogP contribution >= 0.6 is 0 Å². The number of anilines is 1. The van der Waals surface area contributed by atoms with Crippen LogP contribution in [0.15, 0.2) is 42.5 Å². The SMILES string of the molecule is O=C1CCC(N2C(=O)c3cccc(NCc4ccc(CN5CCC(OC6CCC6)CC5)cc4)c3C2=O)C(=O)N1. The van der Waals surface area contributed by atoms with E-state index in [0.29, 0.717) is 24.4 Å². The highest BCUT2D eigenvalue weighted by Crippen LogP contribution is 2.33. The van der Waals surface area contributed by atoms with Gasteiger partial charge in [0.1, 0.15) is 6.04 Å². The molecule has 4 amide bonds. The average molecular weight is 531 g/mol. The first-order valence-electron chi connectivity index (χ1n) is 14.0. The normalized spacial score (nSPS) is 22.6. The lowest BCUT2D eigenvalue weighted by Crippen LogP contribution is -2.54. The molecule has 0 bridgehead atoms.